The summed E-state index contributed by atoms with van der Waals surface area (Å²) < 4.78 is 5.16. The predicted octanol–water partition coefficient (Wildman–Crippen LogP) is 1.31. The largest absolute Gasteiger partial charge is 0.475 e. The molecule has 0 radical (unpaired) electrons. The number of aromatic carboxylic acids is 1. The Balaban J connectivity index is 2.42. The second kappa shape index (κ2) is 2.88. The Bertz CT molecular complexity index is 343. The Morgan fingerprint density at radius 2 is 2.46 bits per heavy atom. The highest BCUT2D eigenvalue weighted by atomic mass is 16.4. The molecule has 1 heterocycles. The lowest BCUT2D eigenvalue weighted by molar-refractivity contribution is 0.0660. The molecule has 1 atom stereocenters. The summed E-state index contributed by atoms with van der Waals surface area (Å²) in [5, 5.41) is 8.69. The molecule has 4 nitrogen and oxygen atoms in total. The molecule has 0 aromatic carbocycles. The minimum absolute atomic E-state index is 0.00218. The van der Waals surface area contributed by atoms with Crippen molar-refractivity contribution in [2.45, 2.75) is 25.3 Å². The van der Waals surface area contributed by atoms with E-state index in [2.05, 4.69) is 0 Å². The fourth-order valence-corrected chi connectivity index (χ4v) is 1.70. The standard InChI is InChI=1S/C9H11NO3/c10-6-2-1-3-7-5(6)4-8(13-7)9(11)12/h4,6H,1-3,10H2,(H,11,12). The Hall–Kier alpha value is -1.29. The fraction of sp³-hybridized carbons (Fsp3) is 0.444. The van der Waals surface area contributed by atoms with Gasteiger partial charge < -0.3 is 15.3 Å². The summed E-state index contributed by atoms with van der Waals surface area (Å²) in [4.78, 5) is 10.6. The molecule has 4 heteroatoms. The van der Waals surface area contributed by atoms with Gasteiger partial charge in [0.25, 0.3) is 0 Å². The number of carboxylic acids is 1. The number of rotatable bonds is 1. The number of hydrogen-bond acceptors (Lipinski definition) is 3. The molecule has 1 unspecified atom stereocenters. The number of aryl methyl sites for hydroxylation is 1. The van der Waals surface area contributed by atoms with Crippen LogP contribution in [0.1, 0.15) is 40.8 Å². The molecular formula is C9H11NO3. The van der Waals surface area contributed by atoms with Crippen LogP contribution in [0, 0.1) is 0 Å². The molecule has 0 saturated carbocycles. The number of carboxylic acid groups (broad SMARTS) is 1. The van der Waals surface area contributed by atoms with Crippen LogP contribution in [0.5, 0.6) is 0 Å². The van der Waals surface area contributed by atoms with E-state index in [1.807, 2.05) is 0 Å². The van der Waals surface area contributed by atoms with E-state index in [-0.39, 0.29) is 11.8 Å². The van der Waals surface area contributed by atoms with Crippen LogP contribution in [-0.4, -0.2) is 11.1 Å². The molecule has 13 heavy (non-hydrogen) atoms. The molecule has 1 aliphatic carbocycles. The van der Waals surface area contributed by atoms with Crippen LogP contribution in [0.2, 0.25) is 0 Å². The van der Waals surface area contributed by atoms with Crippen molar-refractivity contribution >= 4 is 5.97 Å². The maximum Gasteiger partial charge on any atom is 0.371 e. The van der Waals surface area contributed by atoms with Crippen molar-refractivity contribution in [3.05, 3.63) is 23.2 Å². The SMILES string of the molecule is NC1CCCc2oc(C(=O)O)cc21. The third-order valence-electron chi connectivity index (χ3n) is 2.37. The summed E-state index contributed by atoms with van der Waals surface area (Å²) in [6.07, 6.45) is 2.68. The topological polar surface area (TPSA) is 76.5 Å². The van der Waals surface area contributed by atoms with Gasteiger partial charge in [-0.05, 0) is 18.9 Å². The monoisotopic (exact) mass is 181 g/mol. The first-order valence-electron chi connectivity index (χ1n) is 4.30. The molecule has 0 aliphatic heterocycles. The molecular weight excluding hydrogens is 170 g/mol. The van der Waals surface area contributed by atoms with Gasteiger partial charge >= 0.3 is 5.97 Å². The van der Waals surface area contributed by atoms with Crippen LogP contribution in [0.4, 0.5) is 0 Å². The zero-order chi connectivity index (χ0) is 9.42. The molecule has 2 rings (SSSR count). The summed E-state index contributed by atoms with van der Waals surface area (Å²) in [7, 11) is 0. The van der Waals surface area contributed by atoms with E-state index in [1.54, 1.807) is 6.07 Å². The van der Waals surface area contributed by atoms with Gasteiger partial charge in [0.1, 0.15) is 5.76 Å². The Kier molecular flexibility index (Phi) is 1.84. The quantitative estimate of drug-likeness (QED) is 0.684. The predicted molar refractivity (Wildman–Crippen MR) is 45.5 cm³/mol. The second-order valence-corrected chi connectivity index (χ2v) is 3.29. The van der Waals surface area contributed by atoms with E-state index in [1.165, 1.54) is 0 Å². The summed E-state index contributed by atoms with van der Waals surface area (Å²) in [6.45, 7) is 0. The van der Waals surface area contributed by atoms with Gasteiger partial charge in [-0.25, -0.2) is 4.79 Å². The number of furan rings is 1. The van der Waals surface area contributed by atoms with Gasteiger partial charge in [-0.3, -0.25) is 0 Å². The highest BCUT2D eigenvalue weighted by molar-refractivity contribution is 5.84. The molecule has 0 amide bonds. The number of hydrogen-bond donors (Lipinski definition) is 2. The summed E-state index contributed by atoms with van der Waals surface area (Å²) in [5.41, 5.74) is 6.67. The molecule has 70 valence electrons. The third-order valence-corrected chi connectivity index (χ3v) is 2.37. The van der Waals surface area contributed by atoms with Gasteiger partial charge in [0.15, 0.2) is 0 Å². The smallest absolute Gasteiger partial charge is 0.371 e. The van der Waals surface area contributed by atoms with E-state index in [0.29, 0.717) is 0 Å². The summed E-state index contributed by atoms with van der Waals surface area (Å²) >= 11 is 0. The minimum atomic E-state index is -1.03. The average molecular weight is 181 g/mol. The van der Waals surface area contributed by atoms with Crippen molar-refractivity contribution in [1.82, 2.24) is 0 Å². The molecule has 0 saturated heterocycles. The lowest BCUT2D eigenvalue weighted by atomic mass is 9.94. The van der Waals surface area contributed by atoms with Crippen molar-refractivity contribution in [1.29, 1.82) is 0 Å². The number of nitrogens with two attached hydrogens (primary N) is 1. The fourth-order valence-electron chi connectivity index (χ4n) is 1.70. The third kappa shape index (κ3) is 1.33. The Morgan fingerprint density at radius 1 is 1.69 bits per heavy atom. The number of fused-ring (bicyclic) bond motifs is 1. The van der Waals surface area contributed by atoms with E-state index in [4.69, 9.17) is 15.3 Å². The highest BCUT2D eigenvalue weighted by Crippen LogP contribution is 2.30. The lowest BCUT2D eigenvalue weighted by Gasteiger charge is -2.16. The van der Waals surface area contributed by atoms with Crippen molar-refractivity contribution in [2.24, 2.45) is 5.73 Å². The van der Waals surface area contributed by atoms with Crippen LogP contribution in [0.3, 0.4) is 0 Å². The van der Waals surface area contributed by atoms with Crippen LogP contribution in [0.15, 0.2) is 10.5 Å². The van der Waals surface area contributed by atoms with Gasteiger partial charge in [0.05, 0.1) is 0 Å². The van der Waals surface area contributed by atoms with E-state index in [0.717, 1.165) is 30.6 Å². The molecule has 3 N–H and O–H groups in total. The molecule has 0 bridgehead atoms. The van der Waals surface area contributed by atoms with Gasteiger partial charge in [-0.1, -0.05) is 0 Å². The first-order chi connectivity index (χ1) is 6.18. The summed E-state index contributed by atoms with van der Waals surface area (Å²) in [5.74, 6) is -0.278. The zero-order valence-corrected chi connectivity index (χ0v) is 7.12. The van der Waals surface area contributed by atoms with Crippen LogP contribution in [0.25, 0.3) is 0 Å². The second-order valence-electron chi connectivity index (χ2n) is 3.29. The zero-order valence-electron chi connectivity index (χ0n) is 7.12. The van der Waals surface area contributed by atoms with E-state index >= 15 is 0 Å². The maximum atomic E-state index is 10.6. The average Bonchev–Trinajstić information content (AvgIpc) is 2.49. The van der Waals surface area contributed by atoms with Crippen molar-refractivity contribution < 1.29 is 14.3 Å². The highest BCUT2D eigenvalue weighted by Gasteiger charge is 2.23. The van der Waals surface area contributed by atoms with Crippen molar-refractivity contribution in [2.75, 3.05) is 0 Å². The molecule has 1 aromatic rings. The Morgan fingerprint density at radius 3 is 3.08 bits per heavy atom. The molecule has 1 aromatic heterocycles. The van der Waals surface area contributed by atoms with Gasteiger partial charge in [0, 0.05) is 18.0 Å². The van der Waals surface area contributed by atoms with Crippen molar-refractivity contribution in [3.8, 4) is 0 Å². The lowest BCUT2D eigenvalue weighted by Crippen LogP contribution is -2.15. The van der Waals surface area contributed by atoms with Crippen LogP contribution >= 0.6 is 0 Å². The van der Waals surface area contributed by atoms with Crippen LogP contribution < -0.4 is 5.73 Å². The first-order valence-corrected chi connectivity index (χ1v) is 4.30. The normalized spacial score (nSPS) is 21.2. The van der Waals surface area contributed by atoms with Crippen LogP contribution in [-0.2, 0) is 6.42 Å². The molecule has 0 fully saturated rings. The molecule has 1 aliphatic rings. The minimum Gasteiger partial charge on any atom is -0.475 e. The van der Waals surface area contributed by atoms with Crippen molar-refractivity contribution in [3.63, 3.8) is 0 Å². The number of carbonyl (C=O) groups is 1. The molecule has 0 spiro atoms. The maximum absolute atomic E-state index is 10.6. The van der Waals surface area contributed by atoms with Gasteiger partial charge in [-0.2, -0.15) is 0 Å². The first kappa shape index (κ1) is 8.31. The van der Waals surface area contributed by atoms with Gasteiger partial charge in [-0.15, -0.1) is 0 Å². The Labute approximate surface area is 75.3 Å². The van der Waals surface area contributed by atoms with E-state index < -0.39 is 5.97 Å². The van der Waals surface area contributed by atoms with E-state index in [9.17, 15) is 4.79 Å². The van der Waals surface area contributed by atoms with Gasteiger partial charge in [0.2, 0.25) is 5.76 Å². The summed E-state index contributed by atoms with van der Waals surface area (Å²) in [6, 6.07) is 1.49.